The van der Waals surface area contributed by atoms with Crippen LogP contribution in [0.3, 0.4) is 0 Å². The Morgan fingerprint density at radius 1 is 1.09 bits per heavy atom. The molecule has 34 heavy (non-hydrogen) atoms. The van der Waals surface area contributed by atoms with Crippen molar-refractivity contribution in [3.05, 3.63) is 94.6 Å². The molecule has 0 bridgehead atoms. The molecule has 0 spiro atoms. The fourth-order valence-electron chi connectivity index (χ4n) is 4.05. The number of aromatic amines is 1. The summed E-state index contributed by atoms with van der Waals surface area (Å²) in [6.07, 6.45) is 3.92. The van der Waals surface area contributed by atoms with Gasteiger partial charge in [-0.2, -0.15) is 5.26 Å². The molecule has 170 valence electrons. The van der Waals surface area contributed by atoms with E-state index in [1.54, 1.807) is 12.1 Å². The molecule has 3 aromatic carbocycles. The van der Waals surface area contributed by atoms with Crippen molar-refractivity contribution in [3.8, 4) is 17.3 Å². The van der Waals surface area contributed by atoms with Crippen LogP contribution in [0.5, 0.6) is 0 Å². The molecule has 0 saturated heterocycles. The van der Waals surface area contributed by atoms with Crippen LogP contribution >= 0.6 is 11.6 Å². The lowest BCUT2D eigenvalue weighted by molar-refractivity contribution is -0.129. The monoisotopic (exact) mass is 470 g/mol. The summed E-state index contributed by atoms with van der Waals surface area (Å²) in [5.41, 5.74) is 5.07. The SMILES string of the molecule is Cc1cccc2[nH]cc(C[C@H](NC(=O)c3ccc(-c4ccccc4Cl)cc3)C(=O)N(C)C#N)c12. The second kappa shape index (κ2) is 9.82. The van der Waals surface area contributed by atoms with Gasteiger partial charge in [0.2, 0.25) is 0 Å². The van der Waals surface area contributed by atoms with Gasteiger partial charge in [0, 0.05) is 46.7 Å². The zero-order chi connectivity index (χ0) is 24.2. The number of nitriles is 1. The smallest absolute Gasteiger partial charge is 0.258 e. The topological polar surface area (TPSA) is 89.0 Å². The normalized spacial score (nSPS) is 11.6. The first-order valence-electron chi connectivity index (χ1n) is 10.8. The Labute approximate surface area is 202 Å². The molecule has 4 aromatic rings. The number of carbonyl (C=O) groups is 2. The number of likely N-dealkylation sites (N-methyl/N-ethyl adjacent to an activating group) is 1. The van der Waals surface area contributed by atoms with E-state index >= 15 is 0 Å². The predicted molar refractivity (Wildman–Crippen MR) is 133 cm³/mol. The second-order valence-electron chi connectivity index (χ2n) is 8.10. The van der Waals surface area contributed by atoms with Gasteiger partial charge in [-0.1, -0.05) is 54.1 Å². The molecule has 0 aliphatic carbocycles. The Morgan fingerprint density at radius 2 is 1.82 bits per heavy atom. The van der Waals surface area contributed by atoms with E-state index < -0.39 is 17.9 Å². The van der Waals surface area contributed by atoms with Gasteiger partial charge in [-0.15, -0.1) is 0 Å². The maximum atomic E-state index is 13.0. The average Bonchev–Trinajstić information content (AvgIpc) is 3.27. The number of H-pyrrole nitrogens is 1. The number of nitrogens with one attached hydrogen (secondary N) is 2. The van der Waals surface area contributed by atoms with Crippen LogP contribution in [0.4, 0.5) is 0 Å². The average molecular weight is 471 g/mol. The molecule has 1 aromatic heterocycles. The molecule has 2 N–H and O–H groups in total. The number of benzene rings is 3. The number of hydrogen-bond donors (Lipinski definition) is 2. The van der Waals surface area contributed by atoms with Crippen LogP contribution in [0, 0.1) is 18.4 Å². The summed E-state index contributed by atoms with van der Waals surface area (Å²) in [5.74, 6) is -0.876. The highest BCUT2D eigenvalue weighted by atomic mass is 35.5. The third kappa shape index (κ3) is 4.66. The van der Waals surface area contributed by atoms with Crippen LogP contribution in [-0.4, -0.2) is 34.8 Å². The van der Waals surface area contributed by atoms with Gasteiger partial charge < -0.3 is 10.3 Å². The fourth-order valence-corrected chi connectivity index (χ4v) is 4.30. The molecule has 0 aliphatic heterocycles. The molecule has 0 radical (unpaired) electrons. The molecule has 7 heteroatoms. The molecular weight excluding hydrogens is 448 g/mol. The second-order valence-corrected chi connectivity index (χ2v) is 8.50. The van der Waals surface area contributed by atoms with E-state index in [4.69, 9.17) is 11.6 Å². The number of halogens is 1. The molecule has 4 rings (SSSR count). The van der Waals surface area contributed by atoms with Crippen LogP contribution < -0.4 is 5.32 Å². The first kappa shape index (κ1) is 23.1. The number of fused-ring (bicyclic) bond motifs is 1. The van der Waals surface area contributed by atoms with Crippen molar-refractivity contribution in [2.75, 3.05) is 7.05 Å². The molecule has 0 aliphatic rings. The minimum absolute atomic E-state index is 0.249. The molecule has 0 saturated carbocycles. The summed E-state index contributed by atoms with van der Waals surface area (Å²) in [4.78, 5) is 30.1. The lowest BCUT2D eigenvalue weighted by Crippen LogP contribution is -2.47. The minimum Gasteiger partial charge on any atom is -0.361 e. The van der Waals surface area contributed by atoms with Crippen molar-refractivity contribution in [3.63, 3.8) is 0 Å². The highest BCUT2D eigenvalue weighted by Gasteiger charge is 2.26. The summed E-state index contributed by atoms with van der Waals surface area (Å²) in [6.45, 7) is 2.00. The Hall–Kier alpha value is -4.08. The van der Waals surface area contributed by atoms with E-state index in [-0.39, 0.29) is 6.42 Å². The molecular formula is C27H23ClN4O2. The van der Waals surface area contributed by atoms with E-state index in [9.17, 15) is 14.9 Å². The van der Waals surface area contributed by atoms with Crippen molar-refractivity contribution in [1.29, 1.82) is 5.26 Å². The van der Waals surface area contributed by atoms with Crippen molar-refractivity contribution < 1.29 is 9.59 Å². The number of carbonyl (C=O) groups excluding carboxylic acids is 2. The van der Waals surface area contributed by atoms with Gasteiger partial charge in [0.1, 0.15) is 6.04 Å². The van der Waals surface area contributed by atoms with Gasteiger partial charge >= 0.3 is 0 Å². The van der Waals surface area contributed by atoms with Crippen molar-refractivity contribution in [2.24, 2.45) is 0 Å². The van der Waals surface area contributed by atoms with E-state index in [2.05, 4.69) is 10.3 Å². The molecule has 0 fully saturated rings. The van der Waals surface area contributed by atoms with Crippen LogP contribution in [0.1, 0.15) is 21.5 Å². The Bertz CT molecular complexity index is 1400. The van der Waals surface area contributed by atoms with Crippen LogP contribution in [0.15, 0.2) is 72.9 Å². The molecule has 6 nitrogen and oxygen atoms in total. The van der Waals surface area contributed by atoms with Gasteiger partial charge in [0.15, 0.2) is 6.19 Å². The first-order valence-corrected chi connectivity index (χ1v) is 11.2. The summed E-state index contributed by atoms with van der Waals surface area (Å²) in [6, 6.07) is 19.5. The third-order valence-corrected chi connectivity index (χ3v) is 6.17. The minimum atomic E-state index is -0.904. The largest absolute Gasteiger partial charge is 0.361 e. The van der Waals surface area contributed by atoms with Crippen LogP contribution in [0.2, 0.25) is 5.02 Å². The number of aryl methyl sites for hydroxylation is 1. The van der Waals surface area contributed by atoms with E-state index in [1.807, 2.05) is 73.9 Å². The lowest BCUT2D eigenvalue weighted by Gasteiger charge is -2.20. The predicted octanol–water partition coefficient (Wildman–Crippen LogP) is 5.08. The summed E-state index contributed by atoms with van der Waals surface area (Å²) < 4.78 is 0. The Kier molecular flexibility index (Phi) is 6.67. The number of hydrogen-bond acceptors (Lipinski definition) is 3. The maximum absolute atomic E-state index is 13.0. The lowest BCUT2D eigenvalue weighted by atomic mass is 10.00. The van der Waals surface area contributed by atoms with Crippen molar-refractivity contribution in [1.82, 2.24) is 15.2 Å². The summed E-state index contributed by atoms with van der Waals surface area (Å²) >= 11 is 6.28. The van der Waals surface area contributed by atoms with Crippen molar-refractivity contribution in [2.45, 2.75) is 19.4 Å². The number of rotatable bonds is 6. The van der Waals surface area contributed by atoms with Gasteiger partial charge in [-0.3, -0.25) is 14.5 Å². The number of aromatic nitrogens is 1. The molecule has 0 unspecified atom stereocenters. The molecule has 2 amide bonds. The van der Waals surface area contributed by atoms with Gasteiger partial charge in [-0.05, 0) is 47.9 Å². The summed E-state index contributed by atoms with van der Waals surface area (Å²) in [5, 5.41) is 13.7. The summed E-state index contributed by atoms with van der Waals surface area (Å²) in [7, 11) is 1.39. The highest BCUT2D eigenvalue weighted by Crippen LogP contribution is 2.28. The van der Waals surface area contributed by atoms with Crippen LogP contribution in [-0.2, 0) is 11.2 Å². The first-order chi connectivity index (χ1) is 16.4. The zero-order valence-corrected chi connectivity index (χ0v) is 19.6. The maximum Gasteiger partial charge on any atom is 0.258 e. The van der Waals surface area contributed by atoms with E-state index in [0.29, 0.717) is 10.6 Å². The third-order valence-electron chi connectivity index (χ3n) is 5.84. The zero-order valence-electron chi connectivity index (χ0n) is 18.8. The Balaban J connectivity index is 1.59. The molecule has 1 heterocycles. The highest BCUT2D eigenvalue weighted by molar-refractivity contribution is 6.33. The molecule has 1 atom stereocenters. The van der Waals surface area contributed by atoms with E-state index in [1.165, 1.54) is 7.05 Å². The standard InChI is InChI=1S/C27H23ClN4O2/c1-17-6-5-9-23-25(17)20(15-30-23)14-24(27(34)32(2)16-29)31-26(33)19-12-10-18(11-13-19)21-7-3-4-8-22(21)28/h3-13,15,24,30H,14H2,1-2H3,(H,31,33)/t24-/m0/s1. The fraction of sp³-hybridized carbons (Fsp3) is 0.148. The number of amides is 2. The number of nitrogens with zero attached hydrogens (tertiary/aromatic N) is 2. The quantitative estimate of drug-likeness (QED) is 0.304. The van der Waals surface area contributed by atoms with Gasteiger partial charge in [0.05, 0.1) is 0 Å². The van der Waals surface area contributed by atoms with Crippen molar-refractivity contribution >= 4 is 34.3 Å². The Morgan fingerprint density at radius 3 is 2.53 bits per heavy atom. The van der Waals surface area contributed by atoms with E-state index in [0.717, 1.165) is 38.1 Å². The van der Waals surface area contributed by atoms with Gasteiger partial charge in [-0.25, -0.2) is 0 Å². The van der Waals surface area contributed by atoms with Gasteiger partial charge in [0.25, 0.3) is 11.8 Å². The van der Waals surface area contributed by atoms with Crippen LogP contribution in [0.25, 0.3) is 22.0 Å².